The van der Waals surface area contributed by atoms with E-state index < -0.39 is 5.97 Å². The Bertz CT molecular complexity index is 1090. The third-order valence-corrected chi connectivity index (χ3v) is 5.35. The number of aromatic carboxylic acids is 1. The zero-order valence-corrected chi connectivity index (χ0v) is 17.8. The van der Waals surface area contributed by atoms with Crippen molar-refractivity contribution in [1.29, 1.82) is 0 Å². The molecule has 0 aliphatic carbocycles. The molecule has 1 aromatic heterocycles. The van der Waals surface area contributed by atoms with Gasteiger partial charge >= 0.3 is 5.97 Å². The number of hydrogen-bond donors (Lipinski definition) is 3. The third kappa shape index (κ3) is 6.16. The number of aryl methyl sites for hydroxylation is 1. The van der Waals surface area contributed by atoms with Crippen LogP contribution in [0.15, 0.2) is 53.7 Å². The summed E-state index contributed by atoms with van der Waals surface area (Å²) in [6.45, 7) is 1.97. The van der Waals surface area contributed by atoms with Crippen molar-refractivity contribution in [3.8, 4) is 0 Å². The van der Waals surface area contributed by atoms with E-state index in [1.54, 1.807) is 11.6 Å². The first kappa shape index (κ1) is 22.0. The van der Waals surface area contributed by atoms with Crippen LogP contribution in [-0.2, 0) is 23.1 Å². The van der Waals surface area contributed by atoms with Crippen molar-refractivity contribution in [2.45, 2.75) is 18.5 Å². The molecule has 0 fully saturated rings. The van der Waals surface area contributed by atoms with E-state index in [9.17, 15) is 14.4 Å². The Kier molecular flexibility index (Phi) is 7.03. The van der Waals surface area contributed by atoms with Crippen molar-refractivity contribution in [3.63, 3.8) is 0 Å². The Labute approximate surface area is 182 Å². The van der Waals surface area contributed by atoms with Gasteiger partial charge in [0.2, 0.25) is 11.8 Å². The van der Waals surface area contributed by atoms with Crippen LogP contribution in [0.5, 0.6) is 0 Å². The molecule has 3 N–H and O–H groups in total. The van der Waals surface area contributed by atoms with E-state index in [2.05, 4.69) is 20.8 Å². The molecule has 0 bridgehead atoms. The topological polar surface area (TPSA) is 126 Å². The number of carboxylic acids is 1. The maximum Gasteiger partial charge on any atom is 0.335 e. The number of nitrogens with zero attached hydrogens (tertiary/aromatic N) is 3. The lowest BCUT2D eigenvalue weighted by atomic mass is 10.2. The van der Waals surface area contributed by atoms with Gasteiger partial charge in [-0.25, -0.2) is 4.79 Å². The lowest BCUT2D eigenvalue weighted by molar-refractivity contribution is -0.116. The molecule has 2 aromatic carbocycles. The maximum atomic E-state index is 12.3. The molecule has 0 saturated carbocycles. The van der Waals surface area contributed by atoms with E-state index >= 15 is 0 Å². The van der Waals surface area contributed by atoms with Crippen molar-refractivity contribution in [1.82, 2.24) is 14.8 Å². The average molecular weight is 439 g/mol. The Hall–Kier alpha value is -3.66. The first-order chi connectivity index (χ1) is 14.8. The number of carbonyl (C=O) groups is 3. The van der Waals surface area contributed by atoms with E-state index in [1.165, 1.54) is 36.0 Å². The van der Waals surface area contributed by atoms with E-state index in [0.717, 1.165) is 5.56 Å². The van der Waals surface area contributed by atoms with Crippen LogP contribution in [0.25, 0.3) is 0 Å². The van der Waals surface area contributed by atoms with Crippen LogP contribution in [0.3, 0.4) is 0 Å². The van der Waals surface area contributed by atoms with Crippen LogP contribution in [0.1, 0.15) is 21.7 Å². The van der Waals surface area contributed by atoms with Crippen LogP contribution in [0.4, 0.5) is 11.4 Å². The fourth-order valence-corrected chi connectivity index (χ4v) is 3.36. The molecule has 9 nitrogen and oxygen atoms in total. The molecule has 3 rings (SSSR count). The molecule has 3 aromatic rings. The number of carbonyl (C=O) groups excluding carboxylic acids is 2. The molecular formula is C21H21N5O4S. The van der Waals surface area contributed by atoms with Crippen LogP contribution < -0.4 is 10.6 Å². The van der Waals surface area contributed by atoms with E-state index in [0.29, 0.717) is 22.4 Å². The van der Waals surface area contributed by atoms with E-state index in [4.69, 9.17) is 5.11 Å². The number of rotatable bonds is 8. The van der Waals surface area contributed by atoms with Gasteiger partial charge in [0.1, 0.15) is 5.82 Å². The van der Waals surface area contributed by atoms with Gasteiger partial charge in [0.05, 0.1) is 17.7 Å². The average Bonchev–Trinajstić information content (AvgIpc) is 3.08. The summed E-state index contributed by atoms with van der Waals surface area (Å²) in [6, 6.07) is 13.4. The van der Waals surface area contributed by atoms with E-state index in [1.807, 2.05) is 31.2 Å². The summed E-state index contributed by atoms with van der Waals surface area (Å²) < 4.78 is 1.67. The molecule has 0 aliphatic heterocycles. The van der Waals surface area contributed by atoms with Crippen molar-refractivity contribution in [2.24, 2.45) is 7.05 Å². The largest absolute Gasteiger partial charge is 0.478 e. The summed E-state index contributed by atoms with van der Waals surface area (Å²) in [5.41, 5.74) is 2.46. The highest BCUT2D eigenvalue weighted by molar-refractivity contribution is 7.99. The van der Waals surface area contributed by atoms with Crippen LogP contribution >= 0.6 is 11.8 Å². The van der Waals surface area contributed by atoms with Gasteiger partial charge in [0, 0.05) is 18.4 Å². The molecule has 2 amide bonds. The van der Waals surface area contributed by atoms with Gasteiger partial charge in [-0.05, 0) is 43.3 Å². The molecule has 0 aliphatic rings. The lowest BCUT2D eigenvalue weighted by Crippen LogP contribution is -2.17. The van der Waals surface area contributed by atoms with Crippen LogP contribution in [0, 0.1) is 6.92 Å². The van der Waals surface area contributed by atoms with Gasteiger partial charge in [-0.2, -0.15) is 0 Å². The number of aromatic nitrogens is 3. The minimum absolute atomic E-state index is 0.0556. The van der Waals surface area contributed by atoms with Crippen molar-refractivity contribution in [2.75, 3.05) is 16.4 Å². The molecule has 0 unspecified atom stereocenters. The zero-order chi connectivity index (χ0) is 22.4. The first-order valence-corrected chi connectivity index (χ1v) is 10.3. The standard InChI is InChI=1S/C21H21N5O4S/c1-13-3-7-15(8-4-13)22-18(27)11-17-24-25-21(26(17)2)31-12-19(28)23-16-9-5-14(6-10-16)20(29)30/h3-10H,11-12H2,1-2H3,(H,22,27)(H,23,28)(H,29,30). The Morgan fingerprint density at radius 2 is 1.52 bits per heavy atom. The van der Waals surface area contributed by atoms with Crippen molar-refractivity contribution in [3.05, 3.63) is 65.5 Å². The number of thioether (sulfide) groups is 1. The molecule has 31 heavy (non-hydrogen) atoms. The van der Waals surface area contributed by atoms with Gasteiger partial charge in [-0.1, -0.05) is 29.5 Å². The number of amides is 2. The first-order valence-electron chi connectivity index (χ1n) is 9.32. The van der Waals surface area contributed by atoms with Gasteiger partial charge < -0.3 is 20.3 Å². The fraction of sp³-hybridized carbons (Fsp3) is 0.190. The minimum Gasteiger partial charge on any atom is -0.478 e. The second kappa shape index (κ2) is 9.90. The van der Waals surface area contributed by atoms with Crippen molar-refractivity contribution >= 4 is 40.9 Å². The molecule has 10 heteroatoms. The van der Waals surface area contributed by atoms with E-state index in [-0.39, 0.29) is 29.6 Å². The number of benzene rings is 2. The van der Waals surface area contributed by atoms with Crippen molar-refractivity contribution < 1.29 is 19.5 Å². The maximum absolute atomic E-state index is 12.3. The number of hydrogen-bond acceptors (Lipinski definition) is 6. The SMILES string of the molecule is Cc1ccc(NC(=O)Cc2nnc(SCC(=O)Nc3ccc(C(=O)O)cc3)n2C)cc1. The van der Waals surface area contributed by atoms with Gasteiger partial charge in [-0.3, -0.25) is 9.59 Å². The van der Waals surface area contributed by atoms with Gasteiger partial charge in [0.25, 0.3) is 0 Å². The molecular weight excluding hydrogens is 418 g/mol. The summed E-state index contributed by atoms with van der Waals surface area (Å²) >= 11 is 1.19. The molecule has 0 spiro atoms. The number of anilines is 2. The highest BCUT2D eigenvalue weighted by atomic mass is 32.2. The normalized spacial score (nSPS) is 10.5. The highest BCUT2D eigenvalue weighted by Gasteiger charge is 2.15. The fourth-order valence-electron chi connectivity index (χ4n) is 2.63. The molecule has 0 saturated heterocycles. The Morgan fingerprint density at radius 1 is 0.935 bits per heavy atom. The molecule has 1 heterocycles. The third-order valence-electron chi connectivity index (χ3n) is 4.33. The second-order valence-electron chi connectivity index (χ2n) is 6.77. The Balaban J connectivity index is 1.51. The van der Waals surface area contributed by atoms with Gasteiger partial charge in [0.15, 0.2) is 5.16 Å². The summed E-state index contributed by atoms with van der Waals surface area (Å²) in [6.07, 6.45) is 0.0556. The molecule has 0 radical (unpaired) electrons. The quantitative estimate of drug-likeness (QED) is 0.461. The molecule has 0 atom stereocenters. The number of nitrogens with one attached hydrogen (secondary N) is 2. The second-order valence-corrected chi connectivity index (χ2v) is 7.71. The lowest BCUT2D eigenvalue weighted by Gasteiger charge is -2.07. The number of carboxylic acid groups (broad SMARTS) is 1. The highest BCUT2D eigenvalue weighted by Crippen LogP contribution is 2.17. The summed E-state index contributed by atoms with van der Waals surface area (Å²) in [5, 5.41) is 23.0. The van der Waals surface area contributed by atoms with Crippen LogP contribution in [-0.4, -0.2) is 43.4 Å². The van der Waals surface area contributed by atoms with Crippen LogP contribution in [0.2, 0.25) is 0 Å². The monoisotopic (exact) mass is 439 g/mol. The molecule has 160 valence electrons. The predicted octanol–water partition coefficient (Wildman–Crippen LogP) is 2.73. The smallest absolute Gasteiger partial charge is 0.335 e. The minimum atomic E-state index is -1.03. The van der Waals surface area contributed by atoms with Gasteiger partial charge in [-0.15, -0.1) is 10.2 Å². The summed E-state index contributed by atoms with van der Waals surface area (Å²) in [5.74, 6) is -0.939. The Morgan fingerprint density at radius 3 is 2.13 bits per heavy atom. The summed E-state index contributed by atoms with van der Waals surface area (Å²) in [4.78, 5) is 35.3. The predicted molar refractivity (Wildman–Crippen MR) is 117 cm³/mol. The summed E-state index contributed by atoms with van der Waals surface area (Å²) in [7, 11) is 1.74. The zero-order valence-electron chi connectivity index (χ0n) is 17.0.